The molecule has 1 aliphatic heterocycles. The molecule has 3 atom stereocenters. The van der Waals surface area contributed by atoms with Crippen molar-refractivity contribution in [2.24, 2.45) is 5.92 Å². The number of carbonyl (C=O) groups excluding carboxylic acids is 1. The SMILES string of the molecule is CC(C)CNC(=O)C(C)N1CC(O)CC1C(=O)O. The van der Waals surface area contributed by atoms with Crippen LogP contribution in [0.25, 0.3) is 0 Å². The number of hydrogen-bond donors (Lipinski definition) is 3. The van der Waals surface area contributed by atoms with Crippen LogP contribution in [0.1, 0.15) is 27.2 Å². The minimum atomic E-state index is -0.991. The molecule has 0 aromatic carbocycles. The maximum Gasteiger partial charge on any atom is 0.321 e. The van der Waals surface area contributed by atoms with Crippen LogP contribution in [-0.4, -0.2) is 58.3 Å². The molecule has 0 aromatic rings. The molecule has 104 valence electrons. The number of likely N-dealkylation sites (tertiary alicyclic amines) is 1. The molecule has 0 aliphatic carbocycles. The van der Waals surface area contributed by atoms with E-state index < -0.39 is 24.2 Å². The Labute approximate surface area is 107 Å². The zero-order valence-corrected chi connectivity index (χ0v) is 11.1. The Morgan fingerprint density at radius 2 is 2.00 bits per heavy atom. The molecular weight excluding hydrogens is 236 g/mol. The number of carboxylic acid groups (broad SMARTS) is 1. The molecule has 3 N–H and O–H groups in total. The van der Waals surface area contributed by atoms with Crippen LogP contribution < -0.4 is 5.32 Å². The van der Waals surface area contributed by atoms with Gasteiger partial charge in [0.1, 0.15) is 6.04 Å². The van der Waals surface area contributed by atoms with Gasteiger partial charge in [-0.15, -0.1) is 0 Å². The van der Waals surface area contributed by atoms with E-state index in [9.17, 15) is 14.7 Å². The molecule has 0 saturated carbocycles. The van der Waals surface area contributed by atoms with Gasteiger partial charge in [0, 0.05) is 19.5 Å². The highest BCUT2D eigenvalue weighted by molar-refractivity contribution is 5.83. The van der Waals surface area contributed by atoms with Crippen LogP contribution in [0.5, 0.6) is 0 Å². The maximum absolute atomic E-state index is 11.9. The third kappa shape index (κ3) is 3.68. The minimum Gasteiger partial charge on any atom is -0.480 e. The van der Waals surface area contributed by atoms with Gasteiger partial charge in [0.25, 0.3) is 0 Å². The van der Waals surface area contributed by atoms with Crippen molar-refractivity contribution in [1.29, 1.82) is 0 Å². The zero-order valence-electron chi connectivity index (χ0n) is 11.1. The van der Waals surface area contributed by atoms with Gasteiger partial charge in [-0.1, -0.05) is 13.8 Å². The largest absolute Gasteiger partial charge is 0.480 e. The number of carbonyl (C=O) groups is 2. The Morgan fingerprint density at radius 1 is 1.39 bits per heavy atom. The lowest BCUT2D eigenvalue weighted by Gasteiger charge is -2.27. The highest BCUT2D eigenvalue weighted by Crippen LogP contribution is 2.21. The van der Waals surface area contributed by atoms with Crippen molar-refractivity contribution in [2.75, 3.05) is 13.1 Å². The Kier molecular flexibility index (Phi) is 5.10. The van der Waals surface area contributed by atoms with Crippen molar-refractivity contribution < 1.29 is 19.8 Å². The van der Waals surface area contributed by atoms with Gasteiger partial charge in [0.05, 0.1) is 12.1 Å². The summed E-state index contributed by atoms with van der Waals surface area (Å²) in [4.78, 5) is 24.5. The smallest absolute Gasteiger partial charge is 0.321 e. The summed E-state index contributed by atoms with van der Waals surface area (Å²) in [5.41, 5.74) is 0. The van der Waals surface area contributed by atoms with Crippen molar-refractivity contribution in [3.05, 3.63) is 0 Å². The van der Waals surface area contributed by atoms with E-state index in [1.807, 2.05) is 13.8 Å². The molecule has 1 fully saturated rings. The molecule has 1 saturated heterocycles. The molecule has 0 bridgehead atoms. The fourth-order valence-corrected chi connectivity index (χ4v) is 2.11. The molecule has 1 rings (SSSR count). The number of carboxylic acids is 1. The van der Waals surface area contributed by atoms with Gasteiger partial charge < -0.3 is 15.5 Å². The lowest BCUT2D eigenvalue weighted by atomic mass is 10.1. The van der Waals surface area contributed by atoms with E-state index in [0.29, 0.717) is 12.5 Å². The van der Waals surface area contributed by atoms with Gasteiger partial charge in [0.2, 0.25) is 5.91 Å². The molecule has 18 heavy (non-hydrogen) atoms. The summed E-state index contributed by atoms with van der Waals surface area (Å²) in [6, 6.07) is -1.32. The molecule has 1 aliphatic rings. The van der Waals surface area contributed by atoms with Crippen LogP contribution >= 0.6 is 0 Å². The van der Waals surface area contributed by atoms with Crippen molar-refractivity contribution in [2.45, 2.75) is 45.4 Å². The molecule has 6 heteroatoms. The minimum absolute atomic E-state index is 0.178. The van der Waals surface area contributed by atoms with E-state index in [1.54, 1.807) is 11.8 Å². The summed E-state index contributed by atoms with van der Waals surface area (Å²) in [6.45, 7) is 6.45. The van der Waals surface area contributed by atoms with E-state index in [0.717, 1.165) is 0 Å². The Balaban J connectivity index is 2.61. The maximum atomic E-state index is 11.9. The number of aliphatic carboxylic acids is 1. The van der Waals surface area contributed by atoms with Crippen LogP contribution in [-0.2, 0) is 9.59 Å². The molecule has 6 nitrogen and oxygen atoms in total. The number of aliphatic hydroxyl groups is 1. The monoisotopic (exact) mass is 258 g/mol. The van der Waals surface area contributed by atoms with Crippen molar-refractivity contribution in [3.63, 3.8) is 0 Å². The number of β-amino-alcohol motifs (C(OH)–C–C–N with tert-alkyl or cyclic N) is 1. The second-order valence-corrected chi connectivity index (χ2v) is 5.26. The molecule has 1 heterocycles. The predicted octanol–water partition coefficient (Wildman–Crippen LogP) is -0.333. The van der Waals surface area contributed by atoms with E-state index in [-0.39, 0.29) is 18.9 Å². The first-order chi connectivity index (χ1) is 8.32. The zero-order chi connectivity index (χ0) is 13.9. The van der Waals surface area contributed by atoms with Crippen molar-refractivity contribution in [1.82, 2.24) is 10.2 Å². The molecule has 3 unspecified atom stereocenters. The molecule has 0 aromatic heterocycles. The second-order valence-electron chi connectivity index (χ2n) is 5.26. The second kappa shape index (κ2) is 6.15. The van der Waals surface area contributed by atoms with Gasteiger partial charge >= 0.3 is 5.97 Å². The number of amides is 1. The standard InChI is InChI=1S/C12H22N2O4/c1-7(2)5-13-11(16)8(3)14-6-9(15)4-10(14)12(17)18/h7-10,15H,4-6H2,1-3H3,(H,13,16)(H,17,18). The average molecular weight is 258 g/mol. The first-order valence-corrected chi connectivity index (χ1v) is 6.27. The van der Waals surface area contributed by atoms with Crippen molar-refractivity contribution in [3.8, 4) is 0 Å². The fraction of sp³-hybridized carbons (Fsp3) is 0.833. The summed E-state index contributed by atoms with van der Waals surface area (Å²) in [6.07, 6.45) is -0.497. The van der Waals surface area contributed by atoms with Crippen LogP contribution in [0, 0.1) is 5.92 Å². The summed E-state index contributed by atoms with van der Waals surface area (Å²) in [7, 11) is 0. The van der Waals surface area contributed by atoms with Gasteiger partial charge in [0.15, 0.2) is 0 Å². The van der Waals surface area contributed by atoms with Gasteiger partial charge in [-0.25, -0.2) is 0 Å². The van der Waals surface area contributed by atoms with Crippen LogP contribution in [0.15, 0.2) is 0 Å². The van der Waals surface area contributed by atoms with E-state index in [2.05, 4.69) is 5.32 Å². The average Bonchev–Trinajstić information content (AvgIpc) is 2.67. The lowest BCUT2D eigenvalue weighted by molar-refractivity contribution is -0.143. The quantitative estimate of drug-likeness (QED) is 0.628. The number of nitrogens with one attached hydrogen (secondary N) is 1. The van der Waals surface area contributed by atoms with Gasteiger partial charge in [-0.05, 0) is 12.8 Å². The number of aliphatic hydroxyl groups excluding tert-OH is 1. The van der Waals surface area contributed by atoms with Crippen molar-refractivity contribution >= 4 is 11.9 Å². The Hall–Kier alpha value is -1.14. The summed E-state index contributed by atoms with van der Waals surface area (Å²) >= 11 is 0. The molecule has 1 amide bonds. The normalized spacial score (nSPS) is 26.3. The summed E-state index contributed by atoms with van der Waals surface area (Å²) in [5.74, 6) is -0.834. The first-order valence-electron chi connectivity index (χ1n) is 6.27. The topological polar surface area (TPSA) is 89.9 Å². The predicted molar refractivity (Wildman–Crippen MR) is 66.1 cm³/mol. The number of hydrogen-bond acceptors (Lipinski definition) is 4. The fourth-order valence-electron chi connectivity index (χ4n) is 2.11. The Bertz CT molecular complexity index is 319. The first kappa shape index (κ1) is 14.9. The number of rotatable bonds is 5. The third-order valence-corrected chi connectivity index (χ3v) is 3.16. The highest BCUT2D eigenvalue weighted by atomic mass is 16.4. The molecular formula is C12H22N2O4. The van der Waals surface area contributed by atoms with Crippen LogP contribution in [0.3, 0.4) is 0 Å². The molecule has 0 spiro atoms. The lowest BCUT2D eigenvalue weighted by Crippen LogP contribution is -2.50. The van der Waals surface area contributed by atoms with E-state index in [1.165, 1.54) is 0 Å². The third-order valence-electron chi connectivity index (χ3n) is 3.16. The summed E-state index contributed by atoms with van der Waals surface area (Å²) < 4.78 is 0. The highest BCUT2D eigenvalue weighted by Gasteiger charge is 2.40. The Morgan fingerprint density at radius 3 is 2.50 bits per heavy atom. The molecule has 0 radical (unpaired) electrons. The van der Waals surface area contributed by atoms with E-state index in [4.69, 9.17) is 5.11 Å². The van der Waals surface area contributed by atoms with Crippen LogP contribution in [0.2, 0.25) is 0 Å². The number of nitrogens with zero attached hydrogens (tertiary/aromatic N) is 1. The van der Waals surface area contributed by atoms with Gasteiger partial charge in [-0.3, -0.25) is 14.5 Å². The van der Waals surface area contributed by atoms with Crippen LogP contribution in [0.4, 0.5) is 0 Å². The van der Waals surface area contributed by atoms with E-state index >= 15 is 0 Å². The van der Waals surface area contributed by atoms with Gasteiger partial charge in [-0.2, -0.15) is 0 Å². The summed E-state index contributed by atoms with van der Waals surface area (Å²) in [5, 5.41) is 21.4.